The number of benzene rings is 1. The van der Waals surface area contributed by atoms with Gasteiger partial charge in [0.2, 0.25) is 0 Å². The van der Waals surface area contributed by atoms with Crippen LogP contribution in [0.4, 0.5) is 0 Å². The minimum Gasteiger partial charge on any atom is -0.486 e. The fraction of sp³-hybridized carbons (Fsp3) is 0.545. The van der Waals surface area contributed by atoms with Gasteiger partial charge in [0.1, 0.15) is 16.9 Å². The average molecular weight is 369 g/mol. The summed E-state index contributed by atoms with van der Waals surface area (Å²) in [6, 6.07) is 3.70. The lowest BCUT2D eigenvalue weighted by molar-refractivity contribution is 0.0139. The number of hydrogen-bond donors (Lipinski definition) is 1. The molecular weight excluding hydrogens is 342 g/mol. The zero-order valence-electron chi connectivity index (χ0n) is 16.3. The van der Waals surface area contributed by atoms with E-state index in [9.17, 15) is 9.59 Å². The number of rotatable bonds is 3. The van der Waals surface area contributed by atoms with Crippen LogP contribution in [-0.4, -0.2) is 23.3 Å². The lowest BCUT2D eigenvalue weighted by atomic mass is 9.78. The third kappa shape index (κ3) is 3.03. The number of aryl methyl sites for hydroxylation is 1. The molecule has 0 radical (unpaired) electrons. The Balaban J connectivity index is 1.76. The molecule has 2 heterocycles. The van der Waals surface area contributed by atoms with Crippen molar-refractivity contribution >= 4 is 22.7 Å². The van der Waals surface area contributed by atoms with Gasteiger partial charge in [0, 0.05) is 17.0 Å². The van der Waals surface area contributed by atoms with E-state index in [1.807, 2.05) is 32.9 Å². The first kappa shape index (κ1) is 18.1. The van der Waals surface area contributed by atoms with Gasteiger partial charge in [0.25, 0.3) is 5.91 Å². The normalized spacial score (nSPS) is 19.6. The van der Waals surface area contributed by atoms with Gasteiger partial charge < -0.3 is 14.5 Å². The fourth-order valence-electron chi connectivity index (χ4n) is 4.42. The Kier molecular flexibility index (Phi) is 4.49. The number of carbonyl (C=O) groups excluding carboxylic acids is 2. The summed E-state index contributed by atoms with van der Waals surface area (Å²) in [5.74, 6) is 0.782. The maximum Gasteiger partial charge on any atom is 0.287 e. The summed E-state index contributed by atoms with van der Waals surface area (Å²) < 4.78 is 12.2. The van der Waals surface area contributed by atoms with Crippen LogP contribution in [0.5, 0.6) is 5.75 Å². The van der Waals surface area contributed by atoms with Gasteiger partial charge in [-0.25, -0.2) is 0 Å². The van der Waals surface area contributed by atoms with E-state index in [1.54, 1.807) is 0 Å². The van der Waals surface area contributed by atoms with Crippen LogP contribution in [0.15, 0.2) is 16.5 Å². The zero-order chi connectivity index (χ0) is 19.2. The molecule has 144 valence electrons. The summed E-state index contributed by atoms with van der Waals surface area (Å²) in [5.41, 5.74) is 1.51. The van der Waals surface area contributed by atoms with Gasteiger partial charge in [-0.05, 0) is 58.1 Å². The highest BCUT2D eigenvalue weighted by Crippen LogP contribution is 2.45. The molecule has 27 heavy (non-hydrogen) atoms. The summed E-state index contributed by atoms with van der Waals surface area (Å²) in [7, 11) is 0. The number of furan rings is 1. The fourth-order valence-corrected chi connectivity index (χ4v) is 4.42. The van der Waals surface area contributed by atoms with E-state index in [-0.39, 0.29) is 29.1 Å². The Hall–Kier alpha value is -2.30. The first-order valence-electron chi connectivity index (χ1n) is 10.0. The van der Waals surface area contributed by atoms with E-state index in [0.29, 0.717) is 28.9 Å². The Morgan fingerprint density at radius 3 is 2.70 bits per heavy atom. The first-order valence-corrected chi connectivity index (χ1v) is 10.0. The maximum absolute atomic E-state index is 13.1. The second-order valence-corrected chi connectivity index (χ2v) is 8.10. The third-order valence-corrected chi connectivity index (χ3v) is 6.11. The number of fused-ring (bicyclic) bond motifs is 3. The molecule has 5 heteroatoms. The van der Waals surface area contributed by atoms with Gasteiger partial charge in [-0.3, -0.25) is 9.59 Å². The van der Waals surface area contributed by atoms with Gasteiger partial charge in [-0.1, -0.05) is 13.3 Å². The molecule has 0 saturated heterocycles. The van der Waals surface area contributed by atoms with Crippen molar-refractivity contribution in [2.45, 2.75) is 77.4 Å². The van der Waals surface area contributed by atoms with Crippen LogP contribution in [0.1, 0.15) is 85.3 Å². The predicted molar refractivity (Wildman–Crippen MR) is 104 cm³/mol. The smallest absolute Gasteiger partial charge is 0.287 e. The minimum absolute atomic E-state index is 0.0650. The van der Waals surface area contributed by atoms with E-state index in [2.05, 4.69) is 5.32 Å². The average Bonchev–Trinajstić information content (AvgIpc) is 2.99. The summed E-state index contributed by atoms with van der Waals surface area (Å²) in [6.07, 6.45) is 6.55. The topological polar surface area (TPSA) is 68.5 Å². The van der Waals surface area contributed by atoms with Crippen molar-refractivity contribution < 1.29 is 18.7 Å². The number of ketones is 1. The third-order valence-electron chi connectivity index (χ3n) is 6.11. The van der Waals surface area contributed by atoms with Crippen LogP contribution in [0.25, 0.3) is 11.0 Å². The van der Waals surface area contributed by atoms with Gasteiger partial charge in [-0.2, -0.15) is 0 Å². The number of carbonyl (C=O) groups is 2. The Morgan fingerprint density at radius 2 is 2.00 bits per heavy atom. The quantitative estimate of drug-likeness (QED) is 0.832. The summed E-state index contributed by atoms with van der Waals surface area (Å²) in [5, 5.41) is 3.66. The second-order valence-electron chi connectivity index (χ2n) is 8.10. The Morgan fingerprint density at radius 1 is 1.26 bits per heavy atom. The van der Waals surface area contributed by atoms with Gasteiger partial charge in [-0.15, -0.1) is 0 Å². The van der Waals surface area contributed by atoms with Crippen molar-refractivity contribution in [1.29, 1.82) is 0 Å². The van der Waals surface area contributed by atoms with Crippen LogP contribution in [0.2, 0.25) is 0 Å². The van der Waals surface area contributed by atoms with Gasteiger partial charge in [0.05, 0.1) is 12.0 Å². The van der Waals surface area contributed by atoms with Gasteiger partial charge in [0.15, 0.2) is 11.5 Å². The standard InChI is InChI=1S/C22H27NO4/c1-4-13(2)23-21(25)20-14(3)18-16(26-20)8-9-17-19(18)15(24)12-22(27-17)10-6-5-7-11-22/h8-9,13H,4-7,10-12H2,1-3H3,(H,23,25)/t13-/m0/s1. The van der Waals surface area contributed by atoms with E-state index in [4.69, 9.17) is 9.15 Å². The molecule has 1 fully saturated rings. The first-order chi connectivity index (χ1) is 12.9. The lowest BCUT2D eigenvalue weighted by Gasteiger charge is -2.40. The van der Waals surface area contributed by atoms with E-state index in [1.165, 1.54) is 6.42 Å². The maximum atomic E-state index is 13.1. The molecule has 1 N–H and O–H groups in total. The summed E-state index contributed by atoms with van der Waals surface area (Å²) >= 11 is 0. The monoisotopic (exact) mass is 369 g/mol. The largest absolute Gasteiger partial charge is 0.486 e. The van der Waals surface area contributed by atoms with Crippen LogP contribution in [-0.2, 0) is 0 Å². The zero-order valence-corrected chi connectivity index (χ0v) is 16.3. The number of amides is 1. The molecule has 5 nitrogen and oxygen atoms in total. The van der Waals surface area contributed by atoms with Crippen molar-refractivity contribution in [3.63, 3.8) is 0 Å². The molecule has 1 saturated carbocycles. The molecule has 1 aromatic heterocycles. The van der Waals surface area contributed by atoms with Gasteiger partial charge >= 0.3 is 0 Å². The summed E-state index contributed by atoms with van der Waals surface area (Å²) in [6.45, 7) is 5.82. The predicted octanol–water partition coefficient (Wildman–Crippen LogP) is 4.94. The molecular formula is C22H27NO4. The Bertz CT molecular complexity index is 905. The molecule has 1 atom stereocenters. The molecule has 4 rings (SSSR count). The van der Waals surface area contributed by atoms with Crippen LogP contribution in [0, 0.1) is 6.92 Å². The van der Waals surface area contributed by atoms with Crippen molar-refractivity contribution in [2.24, 2.45) is 0 Å². The molecule has 2 aromatic rings. The molecule has 2 aliphatic rings. The highest BCUT2D eigenvalue weighted by Gasteiger charge is 2.42. The van der Waals surface area contributed by atoms with Crippen molar-refractivity contribution in [1.82, 2.24) is 5.32 Å². The second kappa shape index (κ2) is 6.70. The molecule has 1 aliphatic heterocycles. The van der Waals surface area contributed by atoms with E-state index >= 15 is 0 Å². The van der Waals surface area contributed by atoms with Crippen molar-refractivity contribution in [3.05, 3.63) is 29.0 Å². The molecule has 0 unspecified atom stereocenters. The Labute approximate surface area is 159 Å². The molecule has 1 aromatic carbocycles. The number of ether oxygens (including phenoxy) is 1. The molecule has 0 bridgehead atoms. The van der Waals surface area contributed by atoms with Crippen molar-refractivity contribution in [3.8, 4) is 5.75 Å². The minimum atomic E-state index is -0.343. The highest BCUT2D eigenvalue weighted by atomic mass is 16.5. The number of hydrogen-bond acceptors (Lipinski definition) is 4. The van der Waals surface area contributed by atoms with E-state index < -0.39 is 0 Å². The van der Waals surface area contributed by atoms with Crippen molar-refractivity contribution in [2.75, 3.05) is 0 Å². The molecule has 1 spiro atoms. The highest BCUT2D eigenvalue weighted by molar-refractivity contribution is 6.13. The summed E-state index contributed by atoms with van der Waals surface area (Å²) in [4.78, 5) is 25.7. The molecule has 1 amide bonds. The number of nitrogens with one attached hydrogen (secondary N) is 1. The molecule has 1 aliphatic carbocycles. The van der Waals surface area contributed by atoms with Crippen LogP contribution < -0.4 is 10.1 Å². The van der Waals surface area contributed by atoms with Crippen LogP contribution >= 0.6 is 0 Å². The van der Waals surface area contributed by atoms with E-state index in [0.717, 1.165) is 37.5 Å². The van der Waals surface area contributed by atoms with Crippen LogP contribution in [0.3, 0.4) is 0 Å². The lowest BCUT2D eigenvalue weighted by Crippen LogP contribution is -2.43. The number of Topliss-reactive ketones (excluding diaryl/α,β-unsaturated/α-hetero) is 1. The SMILES string of the molecule is CC[C@H](C)NC(=O)c1oc2ccc3c(c2c1C)C(=O)CC1(CCCCC1)O3.